The highest BCUT2D eigenvalue weighted by molar-refractivity contribution is 5.41. The third-order valence-electron chi connectivity index (χ3n) is 3.26. The van der Waals surface area contributed by atoms with Gasteiger partial charge in [0.25, 0.3) is 0 Å². The minimum atomic E-state index is 0.759. The Labute approximate surface area is 105 Å². The Bertz CT molecular complexity index is 432. The minimum absolute atomic E-state index is 0.759. The molecule has 1 aliphatic carbocycles. The summed E-state index contributed by atoms with van der Waals surface area (Å²) < 4.78 is 0. The Morgan fingerprint density at radius 1 is 1.12 bits per heavy atom. The number of hydrogen-bond acceptors (Lipinski definition) is 0. The van der Waals surface area contributed by atoms with Crippen LogP contribution in [0.5, 0.6) is 0 Å². The summed E-state index contributed by atoms with van der Waals surface area (Å²) in [4.78, 5) is 0. The van der Waals surface area contributed by atoms with Gasteiger partial charge in [0.05, 0.1) is 0 Å². The van der Waals surface area contributed by atoms with E-state index < -0.39 is 0 Å². The second-order valence-corrected chi connectivity index (χ2v) is 5.56. The zero-order chi connectivity index (χ0) is 12.3. The van der Waals surface area contributed by atoms with Gasteiger partial charge in [-0.2, -0.15) is 0 Å². The lowest BCUT2D eigenvalue weighted by Gasteiger charge is -2.10. The van der Waals surface area contributed by atoms with E-state index in [1.54, 1.807) is 11.1 Å². The van der Waals surface area contributed by atoms with E-state index in [0.29, 0.717) is 0 Å². The molecule has 0 spiro atoms. The van der Waals surface area contributed by atoms with Gasteiger partial charge in [0.2, 0.25) is 0 Å². The fourth-order valence-electron chi connectivity index (χ4n) is 2.59. The van der Waals surface area contributed by atoms with Crippen LogP contribution in [0.25, 0.3) is 0 Å². The molecule has 0 nitrogen and oxygen atoms in total. The van der Waals surface area contributed by atoms with Gasteiger partial charge in [-0.25, -0.2) is 0 Å². The highest BCUT2D eigenvalue weighted by Crippen LogP contribution is 2.31. The molecular weight excluding hydrogens is 204 g/mol. The first-order valence-electron chi connectivity index (χ1n) is 6.57. The van der Waals surface area contributed by atoms with Crippen molar-refractivity contribution in [3.05, 3.63) is 58.7 Å². The van der Waals surface area contributed by atoms with Crippen molar-refractivity contribution in [2.75, 3.05) is 0 Å². The van der Waals surface area contributed by atoms with Crippen LogP contribution in [0.1, 0.15) is 39.2 Å². The summed E-state index contributed by atoms with van der Waals surface area (Å²) in [7, 11) is 0. The highest BCUT2D eigenvalue weighted by Gasteiger charge is 2.14. The van der Waals surface area contributed by atoms with Crippen molar-refractivity contribution >= 4 is 0 Å². The molecule has 17 heavy (non-hydrogen) atoms. The Morgan fingerprint density at radius 3 is 2.47 bits per heavy atom. The van der Waals surface area contributed by atoms with Crippen molar-refractivity contribution in [2.24, 2.45) is 5.92 Å². The van der Waals surface area contributed by atoms with E-state index in [1.807, 2.05) is 0 Å². The smallest absolute Gasteiger partial charge is 0.00261 e. The van der Waals surface area contributed by atoms with Gasteiger partial charge in [-0.15, -0.1) is 0 Å². The molecule has 0 heterocycles. The average molecular weight is 226 g/mol. The summed E-state index contributed by atoms with van der Waals surface area (Å²) >= 11 is 0. The minimum Gasteiger partial charge on any atom is -0.0690 e. The van der Waals surface area contributed by atoms with Crippen LogP contribution in [0, 0.1) is 5.92 Å². The SMILES string of the molecule is CC1=CC(Cc2ccccc2)=C(CC(C)C)C1. The van der Waals surface area contributed by atoms with E-state index in [2.05, 4.69) is 57.2 Å². The van der Waals surface area contributed by atoms with Crippen LogP contribution in [0.2, 0.25) is 0 Å². The van der Waals surface area contributed by atoms with Crippen LogP contribution in [0.4, 0.5) is 0 Å². The number of allylic oxidation sites excluding steroid dienone is 4. The molecule has 0 N–H and O–H groups in total. The third kappa shape index (κ3) is 3.33. The molecule has 0 heteroatoms. The molecule has 1 aromatic rings. The standard InChI is InChI=1S/C17H22/c1-13(2)9-16-10-14(3)11-17(16)12-15-7-5-4-6-8-15/h4-8,11,13H,9-10,12H2,1-3H3. The summed E-state index contributed by atoms with van der Waals surface area (Å²) in [5.74, 6) is 0.759. The van der Waals surface area contributed by atoms with Gasteiger partial charge in [0, 0.05) is 0 Å². The first kappa shape index (κ1) is 12.2. The molecule has 0 aromatic heterocycles. The summed E-state index contributed by atoms with van der Waals surface area (Å²) in [6, 6.07) is 10.8. The zero-order valence-electron chi connectivity index (χ0n) is 11.2. The monoisotopic (exact) mass is 226 g/mol. The van der Waals surface area contributed by atoms with Crippen LogP contribution < -0.4 is 0 Å². The van der Waals surface area contributed by atoms with Crippen molar-refractivity contribution in [1.82, 2.24) is 0 Å². The number of rotatable bonds is 4. The Kier molecular flexibility index (Phi) is 3.83. The van der Waals surface area contributed by atoms with E-state index in [-0.39, 0.29) is 0 Å². The fourth-order valence-corrected chi connectivity index (χ4v) is 2.59. The average Bonchev–Trinajstić information content (AvgIpc) is 2.59. The summed E-state index contributed by atoms with van der Waals surface area (Å²) in [6.07, 6.45) is 5.93. The van der Waals surface area contributed by atoms with Crippen molar-refractivity contribution in [3.63, 3.8) is 0 Å². The van der Waals surface area contributed by atoms with Crippen LogP contribution in [0.15, 0.2) is 53.1 Å². The van der Waals surface area contributed by atoms with Gasteiger partial charge in [-0.1, -0.05) is 61.4 Å². The van der Waals surface area contributed by atoms with E-state index in [9.17, 15) is 0 Å². The molecule has 0 atom stereocenters. The maximum atomic E-state index is 2.39. The van der Waals surface area contributed by atoms with Crippen LogP contribution >= 0.6 is 0 Å². The molecule has 90 valence electrons. The summed E-state index contributed by atoms with van der Waals surface area (Å²) in [5.41, 5.74) is 6.16. The van der Waals surface area contributed by atoms with Crippen molar-refractivity contribution in [1.29, 1.82) is 0 Å². The third-order valence-corrected chi connectivity index (χ3v) is 3.26. The van der Waals surface area contributed by atoms with Crippen LogP contribution in [-0.2, 0) is 6.42 Å². The molecule has 0 amide bonds. The van der Waals surface area contributed by atoms with Crippen LogP contribution in [0.3, 0.4) is 0 Å². The molecule has 0 saturated heterocycles. The Morgan fingerprint density at radius 2 is 1.82 bits per heavy atom. The normalized spacial score (nSPS) is 15.6. The van der Waals surface area contributed by atoms with E-state index >= 15 is 0 Å². The molecule has 0 radical (unpaired) electrons. The van der Waals surface area contributed by atoms with Gasteiger partial charge in [0.1, 0.15) is 0 Å². The van der Waals surface area contributed by atoms with Crippen molar-refractivity contribution in [2.45, 2.75) is 40.0 Å². The maximum absolute atomic E-state index is 2.39. The Hall–Kier alpha value is -1.30. The molecule has 2 rings (SSSR count). The second kappa shape index (κ2) is 5.35. The summed E-state index contributed by atoms with van der Waals surface area (Å²) in [5, 5.41) is 0. The molecule has 0 unspecified atom stereocenters. The lowest BCUT2D eigenvalue weighted by atomic mass is 9.95. The van der Waals surface area contributed by atoms with E-state index in [4.69, 9.17) is 0 Å². The molecule has 0 saturated carbocycles. The first-order valence-corrected chi connectivity index (χ1v) is 6.57. The second-order valence-electron chi connectivity index (χ2n) is 5.56. The predicted octanol–water partition coefficient (Wildman–Crippen LogP) is 4.92. The topological polar surface area (TPSA) is 0 Å². The van der Waals surface area contributed by atoms with Gasteiger partial charge in [-0.05, 0) is 43.2 Å². The summed E-state index contributed by atoms with van der Waals surface area (Å²) in [6.45, 7) is 6.86. The molecule has 0 aliphatic heterocycles. The molecule has 1 aliphatic rings. The highest BCUT2D eigenvalue weighted by atomic mass is 14.2. The largest absolute Gasteiger partial charge is 0.0690 e. The van der Waals surface area contributed by atoms with E-state index in [0.717, 1.165) is 12.3 Å². The molecule has 0 bridgehead atoms. The van der Waals surface area contributed by atoms with Crippen LogP contribution in [-0.4, -0.2) is 0 Å². The molecular formula is C17H22. The first-order chi connectivity index (χ1) is 8.15. The lowest BCUT2D eigenvalue weighted by molar-refractivity contribution is 0.632. The van der Waals surface area contributed by atoms with Gasteiger partial charge < -0.3 is 0 Å². The number of benzene rings is 1. The van der Waals surface area contributed by atoms with Crippen molar-refractivity contribution in [3.8, 4) is 0 Å². The lowest BCUT2D eigenvalue weighted by Crippen LogP contribution is -1.95. The zero-order valence-corrected chi connectivity index (χ0v) is 11.2. The van der Waals surface area contributed by atoms with Gasteiger partial charge in [-0.3, -0.25) is 0 Å². The molecule has 0 fully saturated rings. The predicted molar refractivity (Wildman–Crippen MR) is 75.0 cm³/mol. The van der Waals surface area contributed by atoms with Gasteiger partial charge >= 0.3 is 0 Å². The van der Waals surface area contributed by atoms with Crippen molar-refractivity contribution < 1.29 is 0 Å². The van der Waals surface area contributed by atoms with Gasteiger partial charge in [0.15, 0.2) is 0 Å². The quantitative estimate of drug-likeness (QED) is 0.683. The fraction of sp³-hybridized carbons (Fsp3) is 0.412. The molecule has 1 aromatic carbocycles. The van der Waals surface area contributed by atoms with E-state index in [1.165, 1.54) is 24.0 Å². The Balaban J connectivity index is 2.15. The maximum Gasteiger partial charge on any atom is -0.00261 e. The number of hydrogen-bond donors (Lipinski definition) is 0.